The molecule has 4 rings (SSSR count). The highest BCUT2D eigenvalue weighted by Gasteiger charge is 2.13. The van der Waals surface area contributed by atoms with Gasteiger partial charge in [0.2, 0.25) is 0 Å². The standard InChI is InChI=1S/C18H19N5S/c1-4-23-14-8-6-5-7-13(14)22-15(23)9-19-17-16-11(2)12(3)24-18(16)21-10-20-17/h5-8,10H,4,9H2,1-3H3,(H,19,20,21). The lowest BCUT2D eigenvalue weighted by Gasteiger charge is -2.09. The predicted octanol–water partition coefficient (Wildman–Crippen LogP) is 4.29. The van der Waals surface area contributed by atoms with Crippen molar-refractivity contribution >= 4 is 38.4 Å². The number of nitrogens with zero attached hydrogens (tertiary/aromatic N) is 4. The normalized spacial score (nSPS) is 11.5. The van der Waals surface area contributed by atoms with Gasteiger partial charge in [-0.15, -0.1) is 11.3 Å². The Morgan fingerprint density at radius 1 is 1.17 bits per heavy atom. The number of anilines is 1. The number of aromatic nitrogens is 4. The lowest BCUT2D eigenvalue weighted by atomic mass is 10.2. The zero-order chi connectivity index (χ0) is 16.7. The molecule has 0 spiro atoms. The average Bonchev–Trinajstić information content (AvgIpc) is 3.10. The molecule has 1 N–H and O–H groups in total. The molecule has 0 saturated carbocycles. The molecule has 0 amide bonds. The summed E-state index contributed by atoms with van der Waals surface area (Å²) in [5.41, 5.74) is 3.46. The Balaban J connectivity index is 1.71. The van der Waals surface area contributed by atoms with Crippen LogP contribution in [0.5, 0.6) is 0 Å². The van der Waals surface area contributed by atoms with Crippen molar-refractivity contribution in [2.24, 2.45) is 0 Å². The highest BCUT2D eigenvalue weighted by atomic mass is 32.1. The molecular formula is C18H19N5S. The van der Waals surface area contributed by atoms with Crippen LogP contribution >= 0.6 is 11.3 Å². The molecule has 1 aromatic carbocycles. The van der Waals surface area contributed by atoms with Gasteiger partial charge in [0.15, 0.2) is 0 Å². The minimum Gasteiger partial charge on any atom is -0.362 e. The van der Waals surface area contributed by atoms with Gasteiger partial charge in [0.1, 0.15) is 22.8 Å². The molecule has 0 aliphatic heterocycles. The van der Waals surface area contributed by atoms with Gasteiger partial charge in [-0.05, 0) is 38.5 Å². The number of rotatable bonds is 4. The van der Waals surface area contributed by atoms with Crippen LogP contribution in [0.25, 0.3) is 21.3 Å². The second-order valence-corrected chi connectivity index (χ2v) is 7.00. The van der Waals surface area contributed by atoms with E-state index in [1.54, 1.807) is 17.7 Å². The van der Waals surface area contributed by atoms with Crippen LogP contribution in [0.2, 0.25) is 0 Å². The fourth-order valence-electron chi connectivity index (χ4n) is 3.09. The summed E-state index contributed by atoms with van der Waals surface area (Å²) in [5.74, 6) is 1.91. The lowest BCUT2D eigenvalue weighted by Crippen LogP contribution is -2.09. The highest BCUT2D eigenvalue weighted by Crippen LogP contribution is 2.32. The molecule has 0 bridgehead atoms. The summed E-state index contributed by atoms with van der Waals surface area (Å²) in [4.78, 5) is 15.9. The van der Waals surface area contributed by atoms with E-state index in [0.717, 1.165) is 33.9 Å². The Labute approximate surface area is 144 Å². The lowest BCUT2D eigenvalue weighted by molar-refractivity contribution is 0.728. The van der Waals surface area contributed by atoms with Gasteiger partial charge in [0.25, 0.3) is 0 Å². The summed E-state index contributed by atoms with van der Waals surface area (Å²) in [5, 5.41) is 4.59. The van der Waals surface area contributed by atoms with Crippen LogP contribution < -0.4 is 5.32 Å². The van der Waals surface area contributed by atoms with Gasteiger partial charge >= 0.3 is 0 Å². The first-order chi connectivity index (χ1) is 11.7. The van der Waals surface area contributed by atoms with Crippen LogP contribution in [0, 0.1) is 13.8 Å². The molecule has 0 atom stereocenters. The average molecular weight is 337 g/mol. The molecule has 0 aliphatic rings. The number of hydrogen-bond donors (Lipinski definition) is 1. The van der Waals surface area contributed by atoms with Gasteiger partial charge in [0, 0.05) is 11.4 Å². The number of para-hydroxylation sites is 2. The largest absolute Gasteiger partial charge is 0.362 e. The van der Waals surface area contributed by atoms with Crippen molar-refractivity contribution in [1.29, 1.82) is 0 Å². The number of imidazole rings is 1. The summed E-state index contributed by atoms with van der Waals surface area (Å²) in [7, 11) is 0. The van der Waals surface area contributed by atoms with E-state index in [1.807, 2.05) is 6.07 Å². The van der Waals surface area contributed by atoms with Gasteiger partial charge in [0.05, 0.1) is 23.0 Å². The number of thiophene rings is 1. The fourth-order valence-corrected chi connectivity index (χ4v) is 4.09. The summed E-state index contributed by atoms with van der Waals surface area (Å²) >= 11 is 1.71. The van der Waals surface area contributed by atoms with Crippen molar-refractivity contribution < 1.29 is 0 Å². The molecule has 0 aliphatic carbocycles. The van der Waals surface area contributed by atoms with Crippen molar-refractivity contribution in [1.82, 2.24) is 19.5 Å². The van der Waals surface area contributed by atoms with Crippen molar-refractivity contribution in [3.05, 3.63) is 46.9 Å². The Bertz CT molecular complexity index is 1030. The van der Waals surface area contributed by atoms with E-state index < -0.39 is 0 Å². The van der Waals surface area contributed by atoms with Crippen molar-refractivity contribution in [2.45, 2.75) is 33.9 Å². The first kappa shape index (κ1) is 15.1. The van der Waals surface area contributed by atoms with Crippen LogP contribution in [-0.2, 0) is 13.1 Å². The number of fused-ring (bicyclic) bond motifs is 2. The molecule has 24 heavy (non-hydrogen) atoms. The van der Waals surface area contributed by atoms with Crippen LogP contribution in [0.15, 0.2) is 30.6 Å². The third kappa shape index (κ3) is 2.34. The van der Waals surface area contributed by atoms with E-state index in [0.29, 0.717) is 6.54 Å². The van der Waals surface area contributed by atoms with Crippen LogP contribution in [0.4, 0.5) is 5.82 Å². The van der Waals surface area contributed by atoms with Crippen LogP contribution in [0.1, 0.15) is 23.2 Å². The molecule has 4 aromatic rings. The van der Waals surface area contributed by atoms with Gasteiger partial charge in [-0.2, -0.15) is 0 Å². The monoisotopic (exact) mass is 337 g/mol. The summed E-state index contributed by atoms with van der Waals surface area (Å²) in [6, 6.07) is 8.25. The maximum absolute atomic E-state index is 4.77. The Hall–Kier alpha value is -2.47. The molecule has 0 unspecified atom stereocenters. The summed E-state index contributed by atoms with van der Waals surface area (Å²) < 4.78 is 2.24. The first-order valence-electron chi connectivity index (χ1n) is 8.07. The Kier molecular flexibility index (Phi) is 3.69. The van der Waals surface area contributed by atoms with Crippen molar-refractivity contribution in [3.8, 4) is 0 Å². The molecule has 0 saturated heterocycles. The first-order valence-corrected chi connectivity index (χ1v) is 8.89. The highest BCUT2D eigenvalue weighted by molar-refractivity contribution is 7.18. The third-order valence-corrected chi connectivity index (χ3v) is 5.54. The zero-order valence-electron chi connectivity index (χ0n) is 14.0. The molecule has 0 fully saturated rings. The summed E-state index contributed by atoms with van der Waals surface area (Å²) in [6.07, 6.45) is 1.63. The smallest absolute Gasteiger partial charge is 0.138 e. The number of nitrogens with one attached hydrogen (secondary N) is 1. The summed E-state index contributed by atoms with van der Waals surface area (Å²) in [6.45, 7) is 7.94. The van der Waals surface area contributed by atoms with E-state index in [1.165, 1.54) is 16.0 Å². The van der Waals surface area contributed by atoms with Gasteiger partial charge in [-0.3, -0.25) is 0 Å². The van der Waals surface area contributed by atoms with Gasteiger partial charge < -0.3 is 9.88 Å². The molecule has 5 nitrogen and oxygen atoms in total. The quantitative estimate of drug-likeness (QED) is 0.603. The van der Waals surface area contributed by atoms with E-state index in [-0.39, 0.29) is 0 Å². The van der Waals surface area contributed by atoms with Crippen LogP contribution in [-0.4, -0.2) is 19.5 Å². The molecule has 3 aromatic heterocycles. The van der Waals surface area contributed by atoms with E-state index in [4.69, 9.17) is 4.98 Å². The minimum absolute atomic E-state index is 0.642. The fraction of sp³-hybridized carbons (Fsp3) is 0.278. The van der Waals surface area contributed by atoms with Crippen molar-refractivity contribution in [3.63, 3.8) is 0 Å². The predicted molar refractivity (Wildman–Crippen MR) is 99.6 cm³/mol. The third-order valence-electron chi connectivity index (χ3n) is 4.43. The maximum Gasteiger partial charge on any atom is 0.138 e. The molecular weight excluding hydrogens is 318 g/mol. The van der Waals surface area contributed by atoms with Gasteiger partial charge in [-0.25, -0.2) is 15.0 Å². The molecule has 6 heteroatoms. The molecule has 0 radical (unpaired) electrons. The minimum atomic E-state index is 0.642. The van der Waals surface area contributed by atoms with E-state index in [2.05, 4.69) is 58.8 Å². The SMILES string of the molecule is CCn1c(CNc2ncnc3sc(C)c(C)c23)nc2ccccc21. The Morgan fingerprint density at radius 2 is 2.00 bits per heavy atom. The molecule has 3 heterocycles. The van der Waals surface area contributed by atoms with Crippen molar-refractivity contribution in [2.75, 3.05) is 5.32 Å². The second-order valence-electron chi connectivity index (χ2n) is 5.80. The number of aryl methyl sites for hydroxylation is 3. The maximum atomic E-state index is 4.77. The molecule has 122 valence electrons. The topological polar surface area (TPSA) is 55.6 Å². The second kappa shape index (κ2) is 5.87. The van der Waals surface area contributed by atoms with E-state index in [9.17, 15) is 0 Å². The zero-order valence-corrected chi connectivity index (χ0v) is 14.8. The van der Waals surface area contributed by atoms with E-state index >= 15 is 0 Å². The Morgan fingerprint density at radius 3 is 2.83 bits per heavy atom. The van der Waals surface area contributed by atoms with Crippen LogP contribution in [0.3, 0.4) is 0 Å². The number of benzene rings is 1. The number of hydrogen-bond acceptors (Lipinski definition) is 5. The van der Waals surface area contributed by atoms with Gasteiger partial charge in [-0.1, -0.05) is 12.1 Å².